The Hall–Kier alpha value is -7.05. The van der Waals surface area contributed by atoms with Crippen LogP contribution in [0.3, 0.4) is 0 Å². The zero-order valence-electron chi connectivity index (χ0n) is 39.8. The van der Waals surface area contributed by atoms with E-state index in [1.165, 1.54) is 32.5 Å². The number of aryl methyl sites for hydroxylation is 3. The summed E-state index contributed by atoms with van der Waals surface area (Å²) >= 11 is 0. The van der Waals surface area contributed by atoms with E-state index in [1.54, 1.807) is 31.4 Å². The van der Waals surface area contributed by atoms with Crippen molar-refractivity contribution in [2.45, 2.75) is 48.5 Å². The Morgan fingerprint density at radius 3 is 1.36 bits per heavy atom. The lowest BCUT2D eigenvalue weighted by Crippen LogP contribution is -2.09. The molecule has 0 saturated carbocycles. The van der Waals surface area contributed by atoms with Gasteiger partial charge in [0, 0.05) is 11.1 Å². The predicted molar refractivity (Wildman–Crippen MR) is 264 cm³/mol. The van der Waals surface area contributed by atoms with Crippen molar-refractivity contribution in [2.24, 2.45) is 0 Å². The number of hydrogen-bond donors (Lipinski definition) is 2. The van der Waals surface area contributed by atoms with E-state index >= 15 is 0 Å². The Morgan fingerprint density at radius 1 is 0.515 bits per heavy atom. The van der Waals surface area contributed by atoms with Crippen LogP contribution in [-0.2, 0) is 10.1 Å². The number of aromatic hydroxyl groups is 2. The van der Waals surface area contributed by atoms with Crippen molar-refractivity contribution >= 4 is 10.1 Å². The van der Waals surface area contributed by atoms with Crippen molar-refractivity contribution in [1.29, 1.82) is 0 Å². The number of ether oxygens (including phenoxy) is 6. The number of allylic oxidation sites excluding steroid dienone is 2. The van der Waals surface area contributed by atoms with Crippen LogP contribution in [0, 0.1) is 20.8 Å². The summed E-state index contributed by atoms with van der Waals surface area (Å²) < 4.78 is 64.5. The third-order valence-electron chi connectivity index (χ3n) is 10.4. The van der Waals surface area contributed by atoms with Gasteiger partial charge in [0.1, 0.15) is 42.0 Å². The topological polar surface area (TPSA) is 139 Å². The summed E-state index contributed by atoms with van der Waals surface area (Å²) in [6.07, 6.45) is 5.03. The average molecular weight is 917 g/mol. The predicted octanol–water partition coefficient (Wildman–Crippen LogP) is 12.4. The van der Waals surface area contributed by atoms with Gasteiger partial charge in [-0.05, 0) is 143 Å². The fourth-order valence-corrected chi connectivity index (χ4v) is 7.55. The van der Waals surface area contributed by atoms with E-state index in [9.17, 15) is 18.6 Å². The molecule has 0 unspecified atom stereocenters. The number of phenolic OH excluding ortho intramolecular Hbond substituents is 2. The van der Waals surface area contributed by atoms with E-state index in [1.807, 2.05) is 133 Å². The summed E-state index contributed by atoms with van der Waals surface area (Å²) in [5.41, 5.74) is 10.8. The van der Waals surface area contributed by atoms with Crippen LogP contribution < -0.4 is 32.6 Å². The minimum atomic E-state index is -3.88. The largest absolute Gasteiger partial charge is 0.508 e. The fourth-order valence-electron chi connectivity index (χ4n) is 7.09. The second-order valence-electron chi connectivity index (χ2n) is 16.1. The Balaban J connectivity index is 0.000000249. The van der Waals surface area contributed by atoms with Crippen molar-refractivity contribution in [3.8, 4) is 96.3 Å². The van der Waals surface area contributed by atoms with Gasteiger partial charge in [-0.3, -0.25) is 0 Å². The van der Waals surface area contributed by atoms with Gasteiger partial charge < -0.3 is 42.8 Å². The maximum absolute atomic E-state index is 12.3. The molecule has 0 amide bonds. The standard InChI is InChI=1S/C28H32O6S.C26H28O5/c1-18(2)14-15-33-24-13-12-22(16-20(24)4)26-25(31-5)17-23(21-10-8-19(3)9-11-21)27(32-6)28(26)34-35(7,29)30;1-16(2)12-13-31-22-11-8-19(14-17(22)3)24-23(29-4)15-21(26(30-5)25(24)28)18-6-9-20(27)10-7-18/h8-14,16-17H,15H2,1-7H3;6-12,14-15,27-28H,13H2,1-5H3. The number of rotatable bonds is 16. The van der Waals surface area contributed by atoms with Crippen molar-refractivity contribution in [3.63, 3.8) is 0 Å². The van der Waals surface area contributed by atoms with E-state index in [-0.39, 0.29) is 17.2 Å². The summed E-state index contributed by atoms with van der Waals surface area (Å²) in [6, 6.07) is 29.5. The summed E-state index contributed by atoms with van der Waals surface area (Å²) in [5, 5.41) is 20.7. The molecule has 6 aromatic carbocycles. The second-order valence-corrected chi connectivity index (χ2v) is 17.7. The highest BCUT2D eigenvalue weighted by Gasteiger charge is 2.27. The molecule has 0 heterocycles. The lowest BCUT2D eigenvalue weighted by Gasteiger charge is -2.21. The number of phenols is 2. The molecule has 0 saturated heterocycles. The van der Waals surface area contributed by atoms with E-state index in [0.717, 1.165) is 51.1 Å². The Morgan fingerprint density at radius 2 is 0.939 bits per heavy atom. The molecule has 2 N–H and O–H groups in total. The maximum Gasteiger partial charge on any atom is 0.306 e. The van der Waals surface area contributed by atoms with Gasteiger partial charge in [0.25, 0.3) is 0 Å². The first-order valence-corrected chi connectivity index (χ1v) is 23.0. The molecule has 0 fully saturated rings. The molecule has 6 aromatic rings. The van der Waals surface area contributed by atoms with Crippen LogP contribution in [0.5, 0.6) is 51.7 Å². The summed E-state index contributed by atoms with van der Waals surface area (Å²) in [6.45, 7) is 15.0. The average Bonchev–Trinajstić information content (AvgIpc) is 3.26. The van der Waals surface area contributed by atoms with Crippen molar-refractivity contribution < 1.29 is 51.2 Å². The molecule has 348 valence electrons. The quantitative estimate of drug-likeness (QED) is 0.0708. The van der Waals surface area contributed by atoms with Crippen LogP contribution in [-0.4, -0.2) is 66.5 Å². The van der Waals surface area contributed by atoms with Crippen LogP contribution in [0.25, 0.3) is 44.5 Å². The first-order valence-electron chi connectivity index (χ1n) is 21.2. The highest BCUT2D eigenvalue weighted by molar-refractivity contribution is 7.86. The van der Waals surface area contributed by atoms with Crippen LogP contribution >= 0.6 is 0 Å². The minimum absolute atomic E-state index is 0.0115. The molecular weight excluding hydrogens is 857 g/mol. The number of benzene rings is 6. The highest BCUT2D eigenvalue weighted by Crippen LogP contribution is 2.52. The normalized spacial score (nSPS) is 10.8. The van der Waals surface area contributed by atoms with Crippen LogP contribution in [0.2, 0.25) is 0 Å². The first kappa shape index (κ1) is 50.0. The van der Waals surface area contributed by atoms with E-state index in [2.05, 4.69) is 0 Å². The van der Waals surface area contributed by atoms with E-state index < -0.39 is 10.1 Å². The molecule has 0 aromatic heterocycles. The van der Waals surface area contributed by atoms with Gasteiger partial charge in [-0.25, -0.2) is 0 Å². The summed E-state index contributed by atoms with van der Waals surface area (Å²) in [4.78, 5) is 0. The SMILES string of the molecule is COc1cc(-c2ccc(C)cc2)c(OC)c(OS(C)(=O)=O)c1-c1ccc(OCC=C(C)C)c(C)c1.COc1cc(-c2ccc(O)cc2)c(OC)c(O)c1-c1ccc(OCC=C(C)C)c(C)c1. The molecule has 6 rings (SSSR count). The summed E-state index contributed by atoms with van der Waals surface area (Å²) in [5.74, 6) is 3.35. The van der Waals surface area contributed by atoms with Crippen LogP contribution in [0.15, 0.2) is 120 Å². The van der Waals surface area contributed by atoms with Crippen LogP contribution in [0.1, 0.15) is 44.4 Å². The van der Waals surface area contributed by atoms with Gasteiger partial charge in [-0.1, -0.05) is 65.2 Å². The second kappa shape index (κ2) is 22.2. The monoisotopic (exact) mass is 916 g/mol. The smallest absolute Gasteiger partial charge is 0.306 e. The molecule has 0 aliphatic rings. The Kier molecular flexibility index (Phi) is 16.8. The van der Waals surface area contributed by atoms with Crippen LogP contribution in [0.4, 0.5) is 0 Å². The van der Waals surface area contributed by atoms with Crippen molar-refractivity contribution in [3.05, 3.63) is 137 Å². The molecule has 0 aliphatic heterocycles. The fraction of sp³-hybridized carbons (Fsp3) is 0.259. The van der Waals surface area contributed by atoms with Gasteiger partial charge in [0.2, 0.25) is 0 Å². The van der Waals surface area contributed by atoms with Gasteiger partial charge in [-0.2, -0.15) is 8.42 Å². The molecule has 66 heavy (non-hydrogen) atoms. The van der Waals surface area contributed by atoms with E-state index in [4.69, 9.17) is 32.6 Å². The summed E-state index contributed by atoms with van der Waals surface area (Å²) in [7, 11) is 2.23. The zero-order chi connectivity index (χ0) is 48.3. The maximum atomic E-state index is 12.3. The molecule has 11 nitrogen and oxygen atoms in total. The van der Waals surface area contributed by atoms with Crippen molar-refractivity contribution in [1.82, 2.24) is 0 Å². The number of methoxy groups -OCH3 is 4. The van der Waals surface area contributed by atoms with Gasteiger partial charge in [0.05, 0.1) is 45.8 Å². The Bertz CT molecular complexity index is 2820. The first-order chi connectivity index (χ1) is 31.4. The van der Waals surface area contributed by atoms with Gasteiger partial charge in [0.15, 0.2) is 23.0 Å². The molecule has 0 bridgehead atoms. The lowest BCUT2D eigenvalue weighted by atomic mass is 9.95. The molecule has 0 radical (unpaired) electrons. The molecule has 0 aliphatic carbocycles. The van der Waals surface area contributed by atoms with E-state index in [0.29, 0.717) is 64.0 Å². The number of hydrogen-bond acceptors (Lipinski definition) is 11. The third kappa shape index (κ3) is 12.4. The molecular formula is C54H60O11S. The molecule has 0 spiro atoms. The Labute approximate surface area is 389 Å². The molecule has 12 heteroatoms. The van der Waals surface area contributed by atoms with Gasteiger partial charge in [-0.15, -0.1) is 0 Å². The molecule has 0 atom stereocenters. The van der Waals surface area contributed by atoms with Gasteiger partial charge >= 0.3 is 10.1 Å². The van der Waals surface area contributed by atoms with Crippen molar-refractivity contribution in [2.75, 3.05) is 47.9 Å². The third-order valence-corrected chi connectivity index (χ3v) is 10.9. The lowest BCUT2D eigenvalue weighted by molar-refractivity contribution is 0.359. The highest BCUT2D eigenvalue weighted by atomic mass is 32.2. The minimum Gasteiger partial charge on any atom is -0.508 e. The zero-order valence-corrected chi connectivity index (χ0v) is 40.6.